The molecule has 2 rings (SSSR count). The van der Waals surface area contributed by atoms with Gasteiger partial charge in [0, 0.05) is 25.4 Å². The fourth-order valence-electron chi connectivity index (χ4n) is 1.58. The predicted molar refractivity (Wildman–Crippen MR) is 44.0 cm³/mol. The van der Waals surface area contributed by atoms with Crippen LogP contribution in [-0.2, 0) is 4.74 Å². The Kier molecular flexibility index (Phi) is 2.10. The highest BCUT2D eigenvalue weighted by Crippen LogP contribution is 2.49. The number of carbonyl (C=O) groups is 1. The van der Waals surface area contributed by atoms with Gasteiger partial charge in [-0.3, -0.25) is 0 Å². The van der Waals surface area contributed by atoms with Crippen LogP contribution in [0.15, 0.2) is 0 Å². The molecular formula is C8H12F2N2O2. The standard InChI is InChI=1S/C8H12F2N2O2/c9-8(10)1-5(8)3-12-4-6(2-11)14-7(12)13/h5-6H,1-4,11H2. The molecule has 6 heteroatoms. The highest BCUT2D eigenvalue weighted by Gasteiger charge is 2.58. The van der Waals surface area contributed by atoms with Crippen molar-refractivity contribution in [3.8, 4) is 0 Å². The first-order chi connectivity index (χ1) is 6.53. The van der Waals surface area contributed by atoms with Gasteiger partial charge in [-0.2, -0.15) is 0 Å². The van der Waals surface area contributed by atoms with Crippen molar-refractivity contribution in [2.24, 2.45) is 11.7 Å². The first kappa shape index (κ1) is 9.64. The third-order valence-corrected chi connectivity index (χ3v) is 2.61. The van der Waals surface area contributed by atoms with Crippen LogP contribution in [0.5, 0.6) is 0 Å². The minimum atomic E-state index is -2.58. The summed E-state index contributed by atoms with van der Waals surface area (Å²) in [6.45, 7) is 0.660. The molecule has 1 amide bonds. The molecule has 2 aliphatic rings. The van der Waals surface area contributed by atoms with Gasteiger partial charge < -0.3 is 15.4 Å². The maximum absolute atomic E-state index is 12.6. The zero-order chi connectivity index (χ0) is 10.3. The van der Waals surface area contributed by atoms with Crippen LogP contribution in [0, 0.1) is 5.92 Å². The largest absolute Gasteiger partial charge is 0.443 e. The summed E-state index contributed by atoms with van der Waals surface area (Å²) in [6.07, 6.45) is -0.984. The fourth-order valence-corrected chi connectivity index (χ4v) is 1.58. The number of nitrogens with two attached hydrogens (primary N) is 1. The summed E-state index contributed by atoms with van der Waals surface area (Å²) < 4.78 is 29.9. The maximum atomic E-state index is 12.6. The van der Waals surface area contributed by atoms with Gasteiger partial charge in [0.15, 0.2) is 0 Å². The van der Waals surface area contributed by atoms with Crippen LogP contribution in [0.3, 0.4) is 0 Å². The number of hydrogen-bond donors (Lipinski definition) is 1. The number of amides is 1. The normalized spacial score (nSPS) is 34.5. The van der Waals surface area contributed by atoms with E-state index < -0.39 is 17.9 Å². The SMILES string of the molecule is NCC1CN(CC2CC2(F)F)C(=O)O1. The van der Waals surface area contributed by atoms with Crippen LogP contribution in [0.1, 0.15) is 6.42 Å². The second-order valence-corrected chi connectivity index (χ2v) is 3.81. The summed E-state index contributed by atoms with van der Waals surface area (Å²) >= 11 is 0. The highest BCUT2D eigenvalue weighted by atomic mass is 19.3. The second-order valence-electron chi connectivity index (χ2n) is 3.81. The molecular weight excluding hydrogens is 194 g/mol. The average molecular weight is 206 g/mol. The fraction of sp³-hybridized carbons (Fsp3) is 0.875. The third kappa shape index (κ3) is 1.66. The molecule has 2 N–H and O–H groups in total. The predicted octanol–water partition coefficient (Wildman–Crippen LogP) is 0.421. The monoisotopic (exact) mass is 206 g/mol. The molecule has 1 saturated heterocycles. The Morgan fingerprint density at radius 3 is 2.71 bits per heavy atom. The van der Waals surface area contributed by atoms with E-state index in [1.165, 1.54) is 4.90 Å². The van der Waals surface area contributed by atoms with Crippen LogP contribution < -0.4 is 5.73 Å². The van der Waals surface area contributed by atoms with Gasteiger partial charge in [-0.25, -0.2) is 13.6 Å². The molecule has 4 nitrogen and oxygen atoms in total. The number of hydrogen-bond acceptors (Lipinski definition) is 3. The summed E-state index contributed by atoms with van der Waals surface area (Å²) in [5, 5.41) is 0. The molecule has 2 unspecified atom stereocenters. The third-order valence-electron chi connectivity index (χ3n) is 2.61. The summed E-state index contributed by atoms with van der Waals surface area (Å²) in [5.41, 5.74) is 5.31. The smallest absolute Gasteiger partial charge is 0.410 e. The lowest BCUT2D eigenvalue weighted by Gasteiger charge is -2.11. The molecule has 0 radical (unpaired) electrons. The first-order valence-corrected chi connectivity index (χ1v) is 4.56. The van der Waals surface area contributed by atoms with Crippen LogP contribution in [-0.4, -0.2) is 42.7 Å². The maximum Gasteiger partial charge on any atom is 0.410 e. The summed E-state index contributed by atoms with van der Waals surface area (Å²) in [6, 6.07) is 0. The van der Waals surface area contributed by atoms with Crippen molar-refractivity contribution in [2.45, 2.75) is 18.4 Å². The number of alkyl halides is 2. The van der Waals surface area contributed by atoms with E-state index in [4.69, 9.17) is 10.5 Å². The van der Waals surface area contributed by atoms with Crippen molar-refractivity contribution in [2.75, 3.05) is 19.6 Å². The zero-order valence-corrected chi connectivity index (χ0v) is 7.58. The van der Waals surface area contributed by atoms with Gasteiger partial charge in [0.1, 0.15) is 6.10 Å². The molecule has 0 aromatic heterocycles. The second kappa shape index (κ2) is 3.05. The molecule has 2 atom stereocenters. The van der Waals surface area contributed by atoms with Crippen LogP contribution >= 0.6 is 0 Å². The number of carbonyl (C=O) groups excluding carboxylic acids is 1. The first-order valence-electron chi connectivity index (χ1n) is 4.56. The van der Waals surface area contributed by atoms with E-state index in [-0.39, 0.29) is 25.6 Å². The molecule has 1 heterocycles. The lowest BCUT2D eigenvalue weighted by atomic mass is 10.3. The van der Waals surface area contributed by atoms with Crippen molar-refractivity contribution in [3.63, 3.8) is 0 Å². The Labute approximate surface area is 80.0 Å². The molecule has 0 bridgehead atoms. The molecule has 0 aromatic carbocycles. The molecule has 1 aliphatic carbocycles. The van der Waals surface area contributed by atoms with Gasteiger partial charge in [0.25, 0.3) is 5.92 Å². The van der Waals surface area contributed by atoms with Gasteiger partial charge in [-0.15, -0.1) is 0 Å². The Bertz CT molecular complexity index is 260. The van der Waals surface area contributed by atoms with Crippen molar-refractivity contribution >= 4 is 6.09 Å². The Balaban J connectivity index is 1.85. The van der Waals surface area contributed by atoms with Gasteiger partial charge in [0.05, 0.1) is 6.54 Å². The highest BCUT2D eigenvalue weighted by molar-refractivity contribution is 5.70. The topological polar surface area (TPSA) is 55.6 Å². The molecule has 1 aliphatic heterocycles. The van der Waals surface area contributed by atoms with E-state index in [1.54, 1.807) is 0 Å². The number of rotatable bonds is 3. The summed E-state index contributed by atoms with van der Waals surface area (Å²) in [7, 11) is 0. The minimum absolute atomic E-state index is 0.0856. The van der Waals surface area contributed by atoms with Gasteiger partial charge in [-0.1, -0.05) is 0 Å². The summed E-state index contributed by atoms with van der Waals surface area (Å²) in [5.74, 6) is -3.27. The Morgan fingerprint density at radius 2 is 2.29 bits per heavy atom. The number of halogens is 2. The molecule has 1 saturated carbocycles. The number of nitrogens with zero attached hydrogens (tertiary/aromatic N) is 1. The van der Waals surface area contributed by atoms with E-state index in [0.717, 1.165) is 0 Å². The van der Waals surface area contributed by atoms with Crippen molar-refractivity contribution < 1.29 is 18.3 Å². The van der Waals surface area contributed by atoms with Gasteiger partial charge >= 0.3 is 6.09 Å². The Hall–Kier alpha value is -0.910. The molecule has 14 heavy (non-hydrogen) atoms. The lowest BCUT2D eigenvalue weighted by Crippen LogP contribution is -2.30. The molecule has 2 fully saturated rings. The minimum Gasteiger partial charge on any atom is -0.443 e. The quantitative estimate of drug-likeness (QED) is 0.728. The van der Waals surface area contributed by atoms with Crippen molar-refractivity contribution in [1.29, 1.82) is 0 Å². The van der Waals surface area contributed by atoms with Crippen LogP contribution in [0.25, 0.3) is 0 Å². The average Bonchev–Trinajstić information content (AvgIpc) is 2.55. The lowest BCUT2D eigenvalue weighted by molar-refractivity contribution is 0.0907. The number of ether oxygens (including phenoxy) is 1. The van der Waals surface area contributed by atoms with E-state index >= 15 is 0 Å². The van der Waals surface area contributed by atoms with Gasteiger partial charge in [0.2, 0.25) is 0 Å². The summed E-state index contributed by atoms with van der Waals surface area (Å²) in [4.78, 5) is 12.4. The molecule has 0 aromatic rings. The van der Waals surface area contributed by atoms with E-state index in [2.05, 4.69) is 0 Å². The Morgan fingerprint density at radius 1 is 1.64 bits per heavy atom. The van der Waals surface area contributed by atoms with E-state index in [9.17, 15) is 13.6 Å². The van der Waals surface area contributed by atoms with Gasteiger partial charge in [-0.05, 0) is 0 Å². The van der Waals surface area contributed by atoms with Crippen LogP contribution in [0.2, 0.25) is 0 Å². The number of cyclic esters (lactones) is 1. The molecule has 0 spiro atoms. The van der Waals surface area contributed by atoms with Crippen molar-refractivity contribution in [3.05, 3.63) is 0 Å². The van der Waals surface area contributed by atoms with Crippen LogP contribution in [0.4, 0.5) is 13.6 Å². The van der Waals surface area contributed by atoms with Crippen molar-refractivity contribution in [1.82, 2.24) is 4.90 Å². The zero-order valence-electron chi connectivity index (χ0n) is 7.58. The molecule has 80 valence electrons. The van der Waals surface area contributed by atoms with E-state index in [1.807, 2.05) is 0 Å². The van der Waals surface area contributed by atoms with E-state index in [0.29, 0.717) is 6.54 Å².